The predicted octanol–water partition coefficient (Wildman–Crippen LogP) is 1.24. The fraction of sp³-hybridized carbons (Fsp3) is 0.692. The van der Waals surface area contributed by atoms with Crippen molar-refractivity contribution in [1.82, 2.24) is 14.9 Å². The molecule has 2 heterocycles. The van der Waals surface area contributed by atoms with Crippen LogP contribution >= 0.6 is 11.6 Å². The van der Waals surface area contributed by atoms with Crippen LogP contribution in [0, 0.1) is 5.92 Å². The molecule has 0 saturated carbocycles. The van der Waals surface area contributed by atoms with Gasteiger partial charge in [-0.2, -0.15) is 0 Å². The van der Waals surface area contributed by atoms with E-state index < -0.39 is 0 Å². The average Bonchev–Trinajstić information content (AvgIpc) is 2.65. The van der Waals surface area contributed by atoms with Crippen LogP contribution < -0.4 is 10.6 Å². The van der Waals surface area contributed by atoms with Crippen LogP contribution in [0.4, 0.5) is 5.82 Å². The van der Waals surface area contributed by atoms with Crippen LogP contribution in [0.2, 0.25) is 5.02 Å². The minimum absolute atomic E-state index is 0.550. The molecule has 1 aliphatic rings. The number of aromatic nitrogens is 2. The third kappa shape index (κ3) is 4.03. The molecule has 2 rings (SSSR count). The molecule has 5 nitrogen and oxygen atoms in total. The third-order valence-corrected chi connectivity index (χ3v) is 3.78. The van der Waals surface area contributed by atoms with Crippen molar-refractivity contribution in [2.75, 3.05) is 44.2 Å². The summed E-state index contributed by atoms with van der Waals surface area (Å²) in [6.45, 7) is 8.11. The summed E-state index contributed by atoms with van der Waals surface area (Å²) in [4.78, 5) is 13.0. The van der Waals surface area contributed by atoms with Gasteiger partial charge in [0, 0.05) is 26.2 Å². The molecule has 106 valence electrons. The Hall–Kier alpha value is -0.910. The van der Waals surface area contributed by atoms with Gasteiger partial charge in [-0.05, 0) is 25.4 Å². The highest BCUT2D eigenvalue weighted by molar-refractivity contribution is 6.32. The van der Waals surface area contributed by atoms with E-state index in [2.05, 4.69) is 26.7 Å². The van der Waals surface area contributed by atoms with E-state index >= 15 is 0 Å². The Labute approximate surface area is 119 Å². The van der Waals surface area contributed by atoms with Crippen molar-refractivity contribution in [1.29, 1.82) is 0 Å². The van der Waals surface area contributed by atoms with Gasteiger partial charge < -0.3 is 15.5 Å². The summed E-state index contributed by atoms with van der Waals surface area (Å²) in [5.74, 6) is 1.40. The van der Waals surface area contributed by atoms with Crippen molar-refractivity contribution in [3.05, 3.63) is 17.5 Å². The van der Waals surface area contributed by atoms with Crippen LogP contribution in [0.5, 0.6) is 0 Å². The molecule has 0 radical (unpaired) electrons. The molecule has 1 unspecified atom stereocenters. The van der Waals surface area contributed by atoms with Gasteiger partial charge in [-0.1, -0.05) is 18.5 Å². The normalized spacial score (nSPS) is 19.2. The van der Waals surface area contributed by atoms with E-state index in [0.29, 0.717) is 10.9 Å². The molecular formula is C13H22ClN5. The van der Waals surface area contributed by atoms with Crippen LogP contribution in [0.3, 0.4) is 0 Å². The number of halogens is 1. The van der Waals surface area contributed by atoms with Crippen LogP contribution in [0.1, 0.15) is 13.3 Å². The Balaban J connectivity index is 1.95. The monoisotopic (exact) mass is 283 g/mol. The van der Waals surface area contributed by atoms with Crippen LogP contribution in [0.25, 0.3) is 0 Å². The standard InChI is InChI=1S/C13H22ClN5/c1-11(7-15)9-18-3-2-4-19(6-5-18)13-12(14)8-16-10-17-13/h8,10-11H,2-7,9,15H2,1H3. The molecule has 0 spiro atoms. The average molecular weight is 284 g/mol. The van der Waals surface area contributed by atoms with Crippen molar-refractivity contribution in [3.63, 3.8) is 0 Å². The first-order chi connectivity index (χ1) is 9.20. The second kappa shape index (κ2) is 7.03. The van der Waals surface area contributed by atoms with E-state index in [4.69, 9.17) is 17.3 Å². The topological polar surface area (TPSA) is 58.3 Å². The molecule has 1 aromatic rings. The lowest BCUT2D eigenvalue weighted by molar-refractivity contribution is 0.255. The number of hydrogen-bond acceptors (Lipinski definition) is 5. The van der Waals surface area contributed by atoms with Gasteiger partial charge in [0.05, 0.1) is 6.20 Å². The minimum atomic E-state index is 0.550. The molecule has 6 heteroatoms. The number of nitrogens with two attached hydrogens (primary N) is 1. The number of nitrogens with zero attached hydrogens (tertiary/aromatic N) is 4. The Morgan fingerprint density at radius 3 is 2.95 bits per heavy atom. The van der Waals surface area contributed by atoms with Gasteiger partial charge in [-0.15, -0.1) is 0 Å². The lowest BCUT2D eigenvalue weighted by Crippen LogP contribution is -2.35. The number of hydrogen-bond donors (Lipinski definition) is 1. The maximum atomic E-state index is 6.16. The van der Waals surface area contributed by atoms with Crippen molar-refractivity contribution in [2.45, 2.75) is 13.3 Å². The summed E-state index contributed by atoms with van der Waals surface area (Å²) < 4.78 is 0. The van der Waals surface area contributed by atoms with E-state index in [-0.39, 0.29) is 0 Å². The zero-order valence-electron chi connectivity index (χ0n) is 11.4. The third-order valence-electron chi connectivity index (χ3n) is 3.51. The lowest BCUT2D eigenvalue weighted by Gasteiger charge is -2.24. The Bertz CT molecular complexity index is 400. The zero-order valence-corrected chi connectivity index (χ0v) is 12.2. The second-order valence-corrected chi connectivity index (χ2v) is 5.58. The fourth-order valence-electron chi connectivity index (χ4n) is 2.42. The Morgan fingerprint density at radius 2 is 2.21 bits per heavy atom. The number of rotatable bonds is 4. The SMILES string of the molecule is CC(CN)CN1CCCN(c2ncncc2Cl)CC1. The van der Waals surface area contributed by atoms with Gasteiger partial charge in [0.25, 0.3) is 0 Å². The maximum absolute atomic E-state index is 6.16. The van der Waals surface area contributed by atoms with E-state index in [1.807, 2.05) is 0 Å². The molecule has 1 atom stereocenters. The van der Waals surface area contributed by atoms with Crippen LogP contribution in [-0.2, 0) is 0 Å². The van der Waals surface area contributed by atoms with E-state index in [9.17, 15) is 0 Å². The van der Waals surface area contributed by atoms with Crippen molar-refractivity contribution in [2.24, 2.45) is 11.7 Å². The molecule has 0 aromatic carbocycles. The highest BCUT2D eigenvalue weighted by atomic mass is 35.5. The van der Waals surface area contributed by atoms with E-state index in [1.54, 1.807) is 12.5 Å². The quantitative estimate of drug-likeness (QED) is 0.901. The molecule has 19 heavy (non-hydrogen) atoms. The van der Waals surface area contributed by atoms with Crippen molar-refractivity contribution >= 4 is 17.4 Å². The molecule has 0 bridgehead atoms. The molecule has 1 aromatic heterocycles. The summed E-state index contributed by atoms with van der Waals surface area (Å²) in [7, 11) is 0. The summed E-state index contributed by atoms with van der Waals surface area (Å²) in [6.07, 6.45) is 4.33. The summed E-state index contributed by atoms with van der Waals surface area (Å²) in [6, 6.07) is 0. The van der Waals surface area contributed by atoms with Gasteiger partial charge in [-0.3, -0.25) is 0 Å². The highest BCUT2D eigenvalue weighted by Crippen LogP contribution is 2.22. The van der Waals surface area contributed by atoms with E-state index in [0.717, 1.165) is 51.5 Å². The summed E-state index contributed by atoms with van der Waals surface area (Å²) in [5, 5.41) is 0.631. The molecule has 1 saturated heterocycles. The predicted molar refractivity (Wildman–Crippen MR) is 78.5 cm³/mol. The second-order valence-electron chi connectivity index (χ2n) is 5.18. The van der Waals surface area contributed by atoms with Crippen molar-refractivity contribution in [3.8, 4) is 0 Å². The molecular weight excluding hydrogens is 262 g/mol. The zero-order chi connectivity index (χ0) is 13.7. The number of anilines is 1. The smallest absolute Gasteiger partial charge is 0.150 e. The lowest BCUT2D eigenvalue weighted by atomic mass is 10.1. The molecule has 0 aliphatic carbocycles. The molecule has 0 amide bonds. The largest absolute Gasteiger partial charge is 0.354 e. The van der Waals surface area contributed by atoms with Gasteiger partial charge in [-0.25, -0.2) is 9.97 Å². The van der Waals surface area contributed by atoms with E-state index in [1.165, 1.54) is 0 Å². The van der Waals surface area contributed by atoms with Gasteiger partial charge in [0.1, 0.15) is 11.3 Å². The molecule has 1 aliphatic heterocycles. The summed E-state index contributed by atoms with van der Waals surface area (Å²) >= 11 is 6.16. The van der Waals surface area contributed by atoms with Gasteiger partial charge in [0.15, 0.2) is 5.82 Å². The first kappa shape index (κ1) is 14.5. The molecule has 2 N–H and O–H groups in total. The van der Waals surface area contributed by atoms with Crippen LogP contribution in [-0.4, -0.2) is 54.1 Å². The maximum Gasteiger partial charge on any atom is 0.150 e. The van der Waals surface area contributed by atoms with Gasteiger partial charge >= 0.3 is 0 Å². The first-order valence-corrected chi connectivity index (χ1v) is 7.21. The first-order valence-electron chi connectivity index (χ1n) is 6.83. The Kier molecular flexibility index (Phi) is 5.36. The van der Waals surface area contributed by atoms with Crippen molar-refractivity contribution < 1.29 is 0 Å². The van der Waals surface area contributed by atoms with Gasteiger partial charge in [0.2, 0.25) is 0 Å². The Morgan fingerprint density at radius 1 is 1.37 bits per heavy atom. The fourth-order valence-corrected chi connectivity index (χ4v) is 2.64. The summed E-state index contributed by atoms with van der Waals surface area (Å²) in [5.41, 5.74) is 5.70. The highest BCUT2D eigenvalue weighted by Gasteiger charge is 2.18. The minimum Gasteiger partial charge on any atom is -0.354 e. The molecule has 1 fully saturated rings. The van der Waals surface area contributed by atoms with Crippen LogP contribution in [0.15, 0.2) is 12.5 Å².